The van der Waals surface area contributed by atoms with E-state index in [1.807, 2.05) is 24.3 Å². The lowest BCUT2D eigenvalue weighted by atomic mass is 10.1. The molecule has 3 N–H and O–H groups in total. The number of amides is 1. The van der Waals surface area contributed by atoms with Crippen molar-refractivity contribution >= 4 is 16.8 Å². The minimum atomic E-state index is -0.299. The Labute approximate surface area is 139 Å². The molecule has 0 saturated heterocycles. The van der Waals surface area contributed by atoms with Crippen molar-refractivity contribution in [3.63, 3.8) is 0 Å². The lowest BCUT2D eigenvalue weighted by Gasteiger charge is -2.06. The fraction of sp³-hybridized carbons (Fsp3) is 0.211. The third kappa shape index (κ3) is 3.81. The Morgan fingerprint density at radius 3 is 2.62 bits per heavy atom. The second-order valence-corrected chi connectivity index (χ2v) is 5.76. The molecule has 0 spiro atoms. The monoisotopic (exact) mass is 326 g/mol. The normalized spacial score (nSPS) is 10.9. The van der Waals surface area contributed by atoms with Crippen LogP contribution in [0.1, 0.15) is 16.7 Å². The van der Waals surface area contributed by atoms with Crippen LogP contribution in [0.2, 0.25) is 0 Å². The predicted octanol–water partition coefficient (Wildman–Crippen LogP) is 2.70. The Hall–Kier alpha value is -2.66. The predicted molar refractivity (Wildman–Crippen MR) is 91.0 cm³/mol. The molecular formula is C19H19FN2O2. The van der Waals surface area contributed by atoms with Gasteiger partial charge in [0.2, 0.25) is 5.91 Å². The van der Waals surface area contributed by atoms with E-state index in [2.05, 4.69) is 10.3 Å². The highest BCUT2D eigenvalue weighted by molar-refractivity contribution is 5.88. The fourth-order valence-electron chi connectivity index (χ4n) is 2.70. The Balaban J connectivity index is 1.53. The zero-order valence-electron chi connectivity index (χ0n) is 13.2. The minimum Gasteiger partial charge on any atom is -0.392 e. The SMILES string of the molecule is O=C(Cc1c[nH]c2cc(F)ccc12)NCCc1ccc(CO)cc1. The maximum absolute atomic E-state index is 13.2. The Morgan fingerprint density at radius 1 is 1.12 bits per heavy atom. The summed E-state index contributed by atoms with van der Waals surface area (Å²) in [7, 11) is 0. The largest absolute Gasteiger partial charge is 0.392 e. The van der Waals surface area contributed by atoms with Gasteiger partial charge in [0.15, 0.2) is 0 Å². The van der Waals surface area contributed by atoms with Crippen LogP contribution in [-0.2, 0) is 24.2 Å². The molecule has 0 aliphatic rings. The average molecular weight is 326 g/mol. The molecule has 0 atom stereocenters. The number of H-pyrrole nitrogens is 1. The van der Waals surface area contributed by atoms with Gasteiger partial charge < -0.3 is 15.4 Å². The quantitative estimate of drug-likeness (QED) is 0.652. The first-order valence-corrected chi connectivity index (χ1v) is 7.86. The molecule has 1 heterocycles. The summed E-state index contributed by atoms with van der Waals surface area (Å²) in [5, 5.41) is 12.8. The number of carbonyl (C=O) groups is 1. The molecular weight excluding hydrogens is 307 g/mol. The third-order valence-corrected chi connectivity index (χ3v) is 4.02. The van der Waals surface area contributed by atoms with Crippen molar-refractivity contribution in [2.45, 2.75) is 19.4 Å². The van der Waals surface area contributed by atoms with Crippen molar-refractivity contribution in [3.05, 3.63) is 71.2 Å². The first-order valence-electron chi connectivity index (χ1n) is 7.86. The topological polar surface area (TPSA) is 65.1 Å². The Morgan fingerprint density at radius 2 is 1.88 bits per heavy atom. The summed E-state index contributed by atoms with van der Waals surface area (Å²) in [5.41, 5.74) is 3.53. The van der Waals surface area contributed by atoms with Gasteiger partial charge in [0.1, 0.15) is 5.82 Å². The summed E-state index contributed by atoms with van der Waals surface area (Å²) >= 11 is 0. The van der Waals surface area contributed by atoms with Crippen LogP contribution < -0.4 is 5.32 Å². The second kappa shape index (κ2) is 7.27. The average Bonchev–Trinajstić information content (AvgIpc) is 2.97. The number of hydrogen-bond donors (Lipinski definition) is 3. The molecule has 1 amide bonds. The molecule has 4 nitrogen and oxygen atoms in total. The van der Waals surface area contributed by atoms with Gasteiger partial charge in [-0.3, -0.25) is 4.79 Å². The van der Waals surface area contributed by atoms with Crippen LogP contribution in [0.15, 0.2) is 48.7 Å². The summed E-state index contributed by atoms with van der Waals surface area (Å²) in [6.07, 6.45) is 2.74. The van der Waals surface area contributed by atoms with Crippen LogP contribution in [0.25, 0.3) is 10.9 Å². The van der Waals surface area contributed by atoms with Crippen molar-refractivity contribution in [1.29, 1.82) is 0 Å². The van der Waals surface area contributed by atoms with Gasteiger partial charge in [-0.05, 0) is 41.3 Å². The van der Waals surface area contributed by atoms with E-state index < -0.39 is 0 Å². The van der Waals surface area contributed by atoms with Gasteiger partial charge in [0, 0.05) is 23.6 Å². The van der Waals surface area contributed by atoms with Crippen molar-refractivity contribution in [3.8, 4) is 0 Å². The number of aromatic nitrogens is 1. The minimum absolute atomic E-state index is 0.0333. The molecule has 0 aliphatic heterocycles. The van der Waals surface area contributed by atoms with Gasteiger partial charge in [-0.1, -0.05) is 24.3 Å². The Kier molecular flexibility index (Phi) is 4.91. The van der Waals surface area contributed by atoms with Gasteiger partial charge >= 0.3 is 0 Å². The van der Waals surface area contributed by atoms with Crippen molar-refractivity contribution in [2.24, 2.45) is 0 Å². The van der Waals surface area contributed by atoms with E-state index >= 15 is 0 Å². The molecule has 0 aliphatic carbocycles. The van der Waals surface area contributed by atoms with Gasteiger partial charge in [-0.25, -0.2) is 4.39 Å². The van der Waals surface area contributed by atoms with E-state index in [9.17, 15) is 9.18 Å². The second-order valence-electron chi connectivity index (χ2n) is 5.76. The van der Waals surface area contributed by atoms with Gasteiger partial charge in [-0.15, -0.1) is 0 Å². The van der Waals surface area contributed by atoms with Crippen LogP contribution in [0.4, 0.5) is 4.39 Å². The molecule has 0 saturated carbocycles. The van der Waals surface area contributed by atoms with Crippen LogP contribution in [0, 0.1) is 5.82 Å². The van der Waals surface area contributed by atoms with Gasteiger partial charge in [-0.2, -0.15) is 0 Å². The molecule has 124 valence electrons. The van der Waals surface area contributed by atoms with Crippen LogP contribution in [0.3, 0.4) is 0 Å². The maximum Gasteiger partial charge on any atom is 0.224 e. The molecule has 24 heavy (non-hydrogen) atoms. The summed E-state index contributed by atoms with van der Waals surface area (Å²) < 4.78 is 13.2. The lowest BCUT2D eigenvalue weighted by molar-refractivity contribution is -0.120. The third-order valence-electron chi connectivity index (χ3n) is 4.02. The lowest BCUT2D eigenvalue weighted by Crippen LogP contribution is -2.27. The van der Waals surface area contributed by atoms with Crippen molar-refractivity contribution in [1.82, 2.24) is 10.3 Å². The van der Waals surface area contributed by atoms with E-state index in [4.69, 9.17) is 5.11 Å². The van der Waals surface area contributed by atoms with Crippen molar-refractivity contribution in [2.75, 3.05) is 6.54 Å². The molecule has 0 fully saturated rings. The van der Waals surface area contributed by atoms with E-state index in [-0.39, 0.29) is 24.8 Å². The number of halogens is 1. The number of aromatic amines is 1. The van der Waals surface area contributed by atoms with Crippen LogP contribution in [-0.4, -0.2) is 22.5 Å². The van der Waals surface area contributed by atoms with Crippen LogP contribution >= 0.6 is 0 Å². The molecule has 5 heteroatoms. The molecule has 3 aromatic rings. The standard InChI is InChI=1S/C19H19FN2O2/c20-16-5-6-17-15(11-22-18(17)10-16)9-19(24)21-8-7-13-1-3-14(12-23)4-2-13/h1-6,10-11,22-23H,7-9,12H2,(H,21,24). The van der Waals surface area contributed by atoms with E-state index in [0.29, 0.717) is 12.1 Å². The number of fused-ring (bicyclic) bond motifs is 1. The molecule has 0 unspecified atom stereocenters. The number of nitrogens with one attached hydrogen (secondary N) is 2. The Bertz CT molecular complexity index is 840. The number of hydrogen-bond acceptors (Lipinski definition) is 2. The number of benzene rings is 2. The zero-order valence-corrected chi connectivity index (χ0v) is 13.2. The van der Waals surface area contributed by atoms with Crippen LogP contribution in [0.5, 0.6) is 0 Å². The number of rotatable bonds is 6. The summed E-state index contributed by atoms with van der Waals surface area (Å²) in [5.74, 6) is -0.361. The summed E-state index contributed by atoms with van der Waals surface area (Å²) in [6, 6.07) is 12.2. The first kappa shape index (κ1) is 16.2. The maximum atomic E-state index is 13.2. The number of carbonyl (C=O) groups excluding carboxylic acids is 1. The smallest absolute Gasteiger partial charge is 0.224 e. The van der Waals surface area contributed by atoms with Crippen molar-refractivity contribution < 1.29 is 14.3 Å². The van der Waals surface area contributed by atoms with E-state index in [1.54, 1.807) is 12.3 Å². The van der Waals surface area contributed by atoms with Gasteiger partial charge in [0.25, 0.3) is 0 Å². The number of aliphatic hydroxyl groups is 1. The highest BCUT2D eigenvalue weighted by atomic mass is 19.1. The fourth-order valence-corrected chi connectivity index (χ4v) is 2.70. The number of aliphatic hydroxyl groups excluding tert-OH is 1. The first-order chi connectivity index (χ1) is 11.7. The molecule has 0 radical (unpaired) electrons. The molecule has 2 aromatic carbocycles. The highest BCUT2D eigenvalue weighted by Gasteiger charge is 2.09. The van der Waals surface area contributed by atoms with E-state index in [1.165, 1.54) is 12.1 Å². The molecule has 3 rings (SSSR count). The van der Waals surface area contributed by atoms with E-state index in [0.717, 1.165) is 28.5 Å². The molecule has 1 aromatic heterocycles. The molecule has 0 bridgehead atoms. The zero-order chi connectivity index (χ0) is 16.9. The van der Waals surface area contributed by atoms with Gasteiger partial charge in [0.05, 0.1) is 13.0 Å². The summed E-state index contributed by atoms with van der Waals surface area (Å²) in [4.78, 5) is 15.1. The summed E-state index contributed by atoms with van der Waals surface area (Å²) in [6.45, 7) is 0.583. The highest BCUT2D eigenvalue weighted by Crippen LogP contribution is 2.19.